The standard InChI is InChI=1S/C15H21ClN4/c1-11(10-19-8-3-2-4-9-19)20-13-7-5-6-12(16)14(13)18-15(20)17/h5-7,11H,2-4,8-10H2,1H3,(H2,17,18). The van der Waals surface area contributed by atoms with Gasteiger partial charge >= 0.3 is 0 Å². The topological polar surface area (TPSA) is 47.1 Å². The lowest BCUT2D eigenvalue weighted by Crippen LogP contribution is -2.34. The van der Waals surface area contributed by atoms with E-state index >= 15 is 0 Å². The van der Waals surface area contributed by atoms with Crippen molar-refractivity contribution in [2.45, 2.75) is 32.2 Å². The number of nitrogens with two attached hydrogens (primary N) is 1. The Kier molecular flexibility index (Phi) is 3.85. The normalized spacial score (nSPS) is 18.5. The highest BCUT2D eigenvalue weighted by Crippen LogP contribution is 2.28. The number of aromatic nitrogens is 2. The van der Waals surface area contributed by atoms with Gasteiger partial charge in [0.15, 0.2) is 0 Å². The van der Waals surface area contributed by atoms with E-state index in [0.717, 1.165) is 17.6 Å². The molecule has 2 N–H and O–H groups in total. The van der Waals surface area contributed by atoms with Gasteiger partial charge in [-0.25, -0.2) is 4.98 Å². The summed E-state index contributed by atoms with van der Waals surface area (Å²) in [6.07, 6.45) is 3.97. The van der Waals surface area contributed by atoms with Gasteiger partial charge in [0.05, 0.1) is 10.5 Å². The predicted molar refractivity (Wildman–Crippen MR) is 84.2 cm³/mol. The van der Waals surface area contributed by atoms with Crippen LogP contribution in [0.25, 0.3) is 11.0 Å². The Morgan fingerprint density at radius 2 is 2.05 bits per heavy atom. The van der Waals surface area contributed by atoms with Crippen molar-refractivity contribution in [2.75, 3.05) is 25.4 Å². The highest BCUT2D eigenvalue weighted by atomic mass is 35.5. The van der Waals surface area contributed by atoms with Gasteiger partial charge in [-0.2, -0.15) is 0 Å². The third-order valence-corrected chi connectivity index (χ3v) is 4.42. The molecule has 0 spiro atoms. The van der Waals surface area contributed by atoms with Gasteiger partial charge < -0.3 is 15.2 Å². The largest absolute Gasteiger partial charge is 0.369 e. The van der Waals surface area contributed by atoms with Gasteiger partial charge in [0.1, 0.15) is 5.52 Å². The fraction of sp³-hybridized carbons (Fsp3) is 0.533. The molecule has 1 unspecified atom stereocenters. The van der Waals surface area contributed by atoms with Crippen LogP contribution in [0.3, 0.4) is 0 Å². The molecule has 1 saturated heterocycles. The number of hydrogen-bond donors (Lipinski definition) is 1. The molecule has 0 saturated carbocycles. The summed E-state index contributed by atoms with van der Waals surface area (Å²) in [6, 6.07) is 6.15. The molecule has 108 valence electrons. The Morgan fingerprint density at radius 3 is 2.80 bits per heavy atom. The van der Waals surface area contributed by atoms with Crippen molar-refractivity contribution in [1.82, 2.24) is 14.5 Å². The number of fused-ring (bicyclic) bond motifs is 1. The first-order valence-corrected chi connectivity index (χ1v) is 7.69. The third-order valence-electron chi connectivity index (χ3n) is 4.11. The summed E-state index contributed by atoms with van der Waals surface area (Å²) < 4.78 is 2.11. The average Bonchev–Trinajstić information content (AvgIpc) is 2.78. The number of halogens is 1. The molecule has 1 fully saturated rings. The molecule has 1 aliphatic rings. The van der Waals surface area contributed by atoms with E-state index in [2.05, 4.69) is 21.4 Å². The van der Waals surface area contributed by atoms with Crippen LogP contribution in [0.5, 0.6) is 0 Å². The number of likely N-dealkylation sites (tertiary alicyclic amines) is 1. The van der Waals surface area contributed by atoms with E-state index in [1.807, 2.05) is 18.2 Å². The number of benzene rings is 1. The van der Waals surface area contributed by atoms with Gasteiger partial charge in [0.2, 0.25) is 5.95 Å². The molecule has 2 aromatic rings. The summed E-state index contributed by atoms with van der Waals surface area (Å²) in [7, 11) is 0. The highest BCUT2D eigenvalue weighted by molar-refractivity contribution is 6.35. The minimum atomic E-state index is 0.302. The van der Waals surface area contributed by atoms with Crippen molar-refractivity contribution in [3.63, 3.8) is 0 Å². The van der Waals surface area contributed by atoms with Crippen LogP contribution < -0.4 is 5.73 Å². The maximum absolute atomic E-state index is 6.20. The van der Waals surface area contributed by atoms with Crippen LogP contribution in [0.2, 0.25) is 5.02 Å². The molecule has 2 heterocycles. The van der Waals surface area contributed by atoms with Crippen LogP contribution >= 0.6 is 11.6 Å². The number of para-hydroxylation sites is 1. The molecule has 5 heteroatoms. The molecule has 20 heavy (non-hydrogen) atoms. The lowest BCUT2D eigenvalue weighted by molar-refractivity contribution is 0.204. The third kappa shape index (κ3) is 2.50. The van der Waals surface area contributed by atoms with Crippen molar-refractivity contribution in [1.29, 1.82) is 0 Å². The van der Waals surface area contributed by atoms with Gasteiger partial charge in [0.25, 0.3) is 0 Å². The molecule has 0 bridgehead atoms. The monoisotopic (exact) mass is 292 g/mol. The lowest BCUT2D eigenvalue weighted by atomic mass is 10.1. The molecule has 0 amide bonds. The second-order valence-electron chi connectivity index (χ2n) is 5.66. The zero-order chi connectivity index (χ0) is 14.1. The van der Waals surface area contributed by atoms with Crippen LogP contribution in [0.15, 0.2) is 18.2 Å². The van der Waals surface area contributed by atoms with Crippen molar-refractivity contribution in [2.24, 2.45) is 0 Å². The predicted octanol–water partition coefficient (Wildman–Crippen LogP) is 3.32. The van der Waals surface area contributed by atoms with Crippen LogP contribution in [0.1, 0.15) is 32.2 Å². The molecule has 0 aliphatic carbocycles. The Morgan fingerprint density at radius 1 is 1.30 bits per heavy atom. The summed E-state index contributed by atoms with van der Waals surface area (Å²) in [5.74, 6) is 0.553. The lowest BCUT2D eigenvalue weighted by Gasteiger charge is -2.30. The number of rotatable bonds is 3. The number of nitrogen functional groups attached to an aromatic ring is 1. The second-order valence-corrected chi connectivity index (χ2v) is 6.07. The zero-order valence-electron chi connectivity index (χ0n) is 11.8. The fourth-order valence-electron chi connectivity index (χ4n) is 3.16. The first-order chi connectivity index (χ1) is 9.66. The summed E-state index contributed by atoms with van der Waals surface area (Å²) in [4.78, 5) is 6.93. The minimum absolute atomic E-state index is 0.302. The molecule has 1 aliphatic heterocycles. The Balaban J connectivity index is 1.88. The summed E-state index contributed by atoms with van der Waals surface area (Å²) >= 11 is 6.20. The van der Waals surface area contributed by atoms with Crippen molar-refractivity contribution in [3.05, 3.63) is 23.2 Å². The molecule has 3 rings (SSSR count). The summed E-state index contributed by atoms with van der Waals surface area (Å²) in [5.41, 5.74) is 7.93. The number of imidazole rings is 1. The van der Waals surface area contributed by atoms with E-state index in [-0.39, 0.29) is 0 Å². The maximum atomic E-state index is 6.20. The number of piperidine rings is 1. The maximum Gasteiger partial charge on any atom is 0.201 e. The van der Waals surface area contributed by atoms with Crippen molar-refractivity contribution < 1.29 is 0 Å². The van der Waals surface area contributed by atoms with Gasteiger partial charge in [-0.1, -0.05) is 24.1 Å². The quantitative estimate of drug-likeness (QED) is 0.944. The SMILES string of the molecule is CC(CN1CCCCC1)n1c(N)nc2c(Cl)cccc21. The fourth-order valence-corrected chi connectivity index (χ4v) is 3.37. The van der Waals surface area contributed by atoms with Crippen LogP contribution in [0, 0.1) is 0 Å². The molecule has 1 aromatic carbocycles. The van der Waals surface area contributed by atoms with Gasteiger partial charge in [-0.05, 0) is 45.0 Å². The molecule has 0 radical (unpaired) electrons. The minimum Gasteiger partial charge on any atom is -0.369 e. The molecular formula is C15H21ClN4. The Labute approximate surface area is 124 Å². The molecular weight excluding hydrogens is 272 g/mol. The smallest absolute Gasteiger partial charge is 0.201 e. The van der Waals surface area contributed by atoms with E-state index in [9.17, 15) is 0 Å². The van der Waals surface area contributed by atoms with E-state index in [4.69, 9.17) is 17.3 Å². The average molecular weight is 293 g/mol. The van der Waals surface area contributed by atoms with Gasteiger partial charge in [-0.3, -0.25) is 0 Å². The number of hydrogen-bond acceptors (Lipinski definition) is 3. The van der Waals surface area contributed by atoms with E-state index in [1.54, 1.807) is 0 Å². The van der Waals surface area contributed by atoms with Crippen molar-refractivity contribution in [3.8, 4) is 0 Å². The first-order valence-electron chi connectivity index (χ1n) is 7.31. The second kappa shape index (κ2) is 5.62. The Hall–Kier alpha value is -1.26. The number of anilines is 1. The van der Waals surface area contributed by atoms with E-state index < -0.39 is 0 Å². The summed E-state index contributed by atoms with van der Waals surface area (Å²) in [6.45, 7) is 5.60. The highest BCUT2D eigenvalue weighted by Gasteiger charge is 2.19. The van der Waals surface area contributed by atoms with Gasteiger partial charge in [-0.15, -0.1) is 0 Å². The van der Waals surface area contributed by atoms with Gasteiger partial charge in [0, 0.05) is 12.6 Å². The molecule has 1 aromatic heterocycles. The molecule has 4 nitrogen and oxygen atoms in total. The van der Waals surface area contributed by atoms with Crippen LogP contribution in [0.4, 0.5) is 5.95 Å². The Bertz CT molecular complexity index is 601. The van der Waals surface area contributed by atoms with Crippen LogP contribution in [-0.2, 0) is 0 Å². The summed E-state index contributed by atoms with van der Waals surface area (Å²) in [5, 5.41) is 0.665. The van der Waals surface area contributed by atoms with E-state index in [1.165, 1.54) is 32.4 Å². The van der Waals surface area contributed by atoms with E-state index in [0.29, 0.717) is 17.0 Å². The first kappa shape index (κ1) is 13.7. The van der Waals surface area contributed by atoms with Crippen molar-refractivity contribution >= 4 is 28.6 Å². The zero-order valence-corrected chi connectivity index (χ0v) is 12.6. The number of nitrogens with zero attached hydrogens (tertiary/aromatic N) is 3. The molecule has 1 atom stereocenters. The van der Waals surface area contributed by atoms with Crippen LogP contribution in [-0.4, -0.2) is 34.1 Å².